The van der Waals surface area contributed by atoms with Gasteiger partial charge in [-0.1, -0.05) is 19.1 Å². The van der Waals surface area contributed by atoms with Gasteiger partial charge in [0.15, 0.2) is 0 Å². The van der Waals surface area contributed by atoms with Crippen LogP contribution in [0.25, 0.3) is 0 Å². The van der Waals surface area contributed by atoms with E-state index < -0.39 is 0 Å². The first-order valence-electron chi connectivity index (χ1n) is 4.67. The van der Waals surface area contributed by atoms with Crippen LogP contribution in [-0.2, 0) is 9.53 Å². The van der Waals surface area contributed by atoms with Gasteiger partial charge < -0.3 is 4.74 Å². The Morgan fingerprint density at radius 3 is 3.00 bits per heavy atom. The number of hydrogen-bond donors (Lipinski definition) is 0. The van der Waals surface area contributed by atoms with E-state index in [1.165, 1.54) is 0 Å². The first-order chi connectivity index (χ1) is 5.83. The number of allylic oxidation sites excluding steroid dienone is 2. The topological polar surface area (TPSA) is 26.3 Å². The van der Waals surface area contributed by atoms with E-state index in [0.717, 1.165) is 25.7 Å². The summed E-state index contributed by atoms with van der Waals surface area (Å²) in [5, 5.41) is 0. The van der Waals surface area contributed by atoms with Crippen molar-refractivity contribution < 1.29 is 9.53 Å². The Balaban J connectivity index is 2.45. The molecule has 1 heterocycles. The van der Waals surface area contributed by atoms with E-state index >= 15 is 0 Å². The van der Waals surface area contributed by atoms with Gasteiger partial charge in [-0.15, -0.1) is 0 Å². The number of esters is 1. The van der Waals surface area contributed by atoms with E-state index in [1.807, 2.05) is 0 Å². The summed E-state index contributed by atoms with van der Waals surface area (Å²) in [4.78, 5) is 11.1. The first-order valence-corrected chi connectivity index (χ1v) is 4.67. The third-order valence-electron chi connectivity index (χ3n) is 2.09. The van der Waals surface area contributed by atoms with Crippen LogP contribution in [0.3, 0.4) is 0 Å². The predicted octanol–water partition coefficient (Wildman–Crippen LogP) is 2.44. The maximum atomic E-state index is 11.1. The monoisotopic (exact) mass is 168 g/mol. The Morgan fingerprint density at radius 1 is 1.50 bits per heavy atom. The molecule has 0 saturated carbocycles. The summed E-state index contributed by atoms with van der Waals surface area (Å²) in [6.45, 7) is 2.06. The molecule has 1 aliphatic rings. The van der Waals surface area contributed by atoms with Crippen molar-refractivity contribution in [3.8, 4) is 0 Å². The maximum Gasteiger partial charge on any atom is 0.306 e. The van der Waals surface area contributed by atoms with Crippen molar-refractivity contribution in [2.75, 3.05) is 0 Å². The fraction of sp³-hybridized carbons (Fsp3) is 0.700. The minimum atomic E-state index is -0.0478. The summed E-state index contributed by atoms with van der Waals surface area (Å²) in [6.07, 6.45) is 8.65. The number of cyclic esters (lactones) is 1. The highest BCUT2D eigenvalue weighted by molar-refractivity contribution is 5.69. The molecule has 1 aliphatic heterocycles. The van der Waals surface area contributed by atoms with E-state index in [4.69, 9.17) is 4.74 Å². The molecule has 2 nitrogen and oxygen atoms in total. The van der Waals surface area contributed by atoms with Crippen molar-refractivity contribution in [1.82, 2.24) is 0 Å². The zero-order chi connectivity index (χ0) is 8.81. The van der Waals surface area contributed by atoms with Gasteiger partial charge in [-0.05, 0) is 25.7 Å². The molecule has 1 atom stereocenters. The van der Waals surface area contributed by atoms with E-state index in [0.29, 0.717) is 6.42 Å². The zero-order valence-corrected chi connectivity index (χ0v) is 7.58. The minimum absolute atomic E-state index is 0.0478. The van der Waals surface area contributed by atoms with Crippen LogP contribution in [0.2, 0.25) is 0 Å². The molecule has 0 amide bonds. The smallest absolute Gasteiger partial charge is 0.306 e. The average Bonchev–Trinajstić information content (AvgIpc) is 2.16. The van der Waals surface area contributed by atoms with Crippen molar-refractivity contribution in [1.29, 1.82) is 0 Å². The molecule has 1 unspecified atom stereocenters. The Bertz CT molecular complexity index is 173. The third kappa shape index (κ3) is 3.07. The molecule has 0 aromatic carbocycles. The van der Waals surface area contributed by atoms with E-state index in [2.05, 4.69) is 19.1 Å². The number of ether oxygens (including phenoxy) is 1. The van der Waals surface area contributed by atoms with Crippen LogP contribution in [0.1, 0.15) is 39.0 Å². The second kappa shape index (κ2) is 4.96. The zero-order valence-electron chi connectivity index (χ0n) is 7.58. The Kier molecular flexibility index (Phi) is 3.85. The van der Waals surface area contributed by atoms with Gasteiger partial charge in [0, 0.05) is 6.42 Å². The fourth-order valence-electron chi connectivity index (χ4n) is 1.31. The molecule has 1 rings (SSSR count). The van der Waals surface area contributed by atoms with Gasteiger partial charge in [0.25, 0.3) is 0 Å². The minimum Gasteiger partial charge on any atom is -0.462 e. The molecule has 0 spiro atoms. The maximum absolute atomic E-state index is 11.1. The number of carbonyl (C=O) groups is 1. The van der Waals surface area contributed by atoms with Crippen LogP contribution < -0.4 is 0 Å². The number of carbonyl (C=O) groups excluding carboxylic acids is 1. The average molecular weight is 168 g/mol. The molecular formula is C10H16O2. The molecule has 0 saturated heterocycles. The van der Waals surface area contributed by atoms with Crippen LogP contribution in [0.15, 0.2) is 12.2 Å². The van der Waals surface area contributed by atoms with E-state index in [9.17, 15) is 4.79 Å². The molecule has 0 fully saturated rings. The van der Waals surface area contributed by atoms with Crippen molar-refractivity contribution in [3.05, 3.63) is 12.2 Å². The molecule has 0 N–H and O–H groups in total. The van der Waals surface area contributed by atoms with Gasteiger partial charge in [0.1, 0.15) is 6.10 Å². The second-order valence-electron chi connectivity index (χ2n) is 3.11. The molecule has 12 heavy (non-hydrogen) atoms. The van der Waals surface area contributed by atoms with Crippen LogP contribution in [0.5, 0.6) is 0 Å². The second-order valence-corrected chi connectivity index (χ2v) is 3.11. The predicted molar refractivity (Wildman–Crippen MR) is 47.8 cm³/mol. The normalized spacial score (nSPS) is 25.4. The van der Waals surface area contributed by atoms with E-state index in [-0.39, 0.29) is 12.1 Å². The molecule has 0 bridgehead atoms. The molecule has 0 radical (unpaired) electrons. The van der Waals surface area contributed by atoms with Crippen molar-refractivity contribution in [2.24, 2.45) is 0 Å². The highest BCUT2D eigenvalue weighted by Crippen LogP contribution is 2.11. The van der Waals surface area contributed by atoms with Gasteiger partial charge in [-0.2, -0.15) is 0 Å². The quantitative estimate of drug-likeness (QED) is 0.444. The van der Waals surface area contributed by atoms with Crippen LogP contribution in [0, 0.1) is 0 Å². The SMILES string of the molecule is CCC1CCC=CCCC(=O)O1. The summed E-state index contributed by atoms with van der Waals surface area (Å²) >= 11 is 0. The van der Waals surface area contributed by atoms with Crippen LogP contribution in [0.4, 0.5) is 0 Å². The highest BCUT2D eigenvalue weighted by Gasteiger charge is 2.11. The third-order valence-corrected chi connectivity index (χ3v) is 2.09. The lowest BCUT2D eigenvalue weighted by Crippen LogP contribution is -2.16. The summed E-state index contributed by atoms with van der Waals surface area (Å²) in [6, 6.07) is 0. The van der Waals surface area contributed by atoms with E-state index in [1.54, 1.807) is 0 Å². The van der Waals surface area contributed by atoms with Crippen LogP contribution >= 0.6 is 0 Å². The Labute approximate surface area is 73.6 Å². The lowest BCUT2D eigenvalue weighted by Gasteiger charge is -2.13. The Hall–Kier alpha value is -0.790. The largest absolute Gasteiger partial charge is 0.462 e. The molecular weight excluding hydrogens is 152 g/mol. The van der Waals surface area contributed by atoms with Crippen molar-refractivity contribution in [3.63, 3.8) is 0 Å². The summed E-state index contributed by atoms with van der Waals surface area (Å²) in [5.74, 6) is -0.0478. The summed E-state index contributed by atoms with van der Waals surface area (Å²) < 4.78 is 5.24. The molecule has 0 aliphatic carbocycles. The molecule has 0 aromatic rings. The molecule has 2 heteroatoms. The van der Waals surface area contributed by atoms with Gasteiger partial charge in [-0.25, -0.2) is 0 Å². The number of hydrogen-bond acceptors (Lipinski definition) is 2. The highest BCUT2D eigenvalue weighted by atomic mass is 16.5. The van der Waals surface area contributed by atoms with Crippen molar-refractivity contribution >= 4 is 5.97 Å². The lowest BCUT2D eigenvalue weighted by atomic mass is 10.1. The number of rotatable bonds is 1. The van der Waals surface area contributed by atoms with Gasteiger partial charge in [0.05, 0.1) is 0 Å². The molecule has 68 valence electrons. The summed E-state index contributed by atoms with van der Waals surface area (Å²) in [7, 11) is 0. The first kappa shape index (κ1) is 9.30. The van der Waals surface area contributed by atoms with Crippen molar-refractivity contribution in [2.45, 2.75) is 45.1 Å². The summed E-state index contributed by atoms with van der Waals surface area (Å²) in [5.41, 5.74) is 0. The molecule has 0 aromatic heterocycles. The standard InChI is InChI=1S/C10H16O2/c1-2-9-7-5-3-4-6-8-10(11)12-9/h3-4,9H,2,5-8H2,1H3. The lowest BCUT2D eigenvalue weighted by molar-refractivity contribution is -0.149. The van der Waals surface area contributed by atoms with Gasteiger partial charge in [0.2, 0.25) is 0 Å². The fourth-order valence-corrected chi connectivity index (χ4v) is 1.31. The van der Waals surface area contributed by atoms with Gasteiger partial charge >= 0.3 is 5.97 Å². The van der Waals surface area contributed by atoms with Crippen LogP contribution in [-0.4, -0.2) is 12.1 Å². The van der Waals surface area contributed by atoms with Gasteiger partial charge in [-0.3, -0.25) is 4.79 Å². The Morgan fingerprint density at radius 2 is 2.25 bits per heavy atom.